The van der Waals surface area contributed by atoms with Crippen LogP contribution in [-0.4, -0.2) is 27.6 Å². The van der Waals surface area contributed by atoms with E-state index in [1.165, 1.54) is 12.3 Å². The maximum atomic E-state index is 12.0. The molecule has 2 aromatic rings. The van der Waals surface area contributed by atoms with Crippen LogP contribution in [0.1, 0.15) is 22.5 Å². The number of carbonyl (C=O) groups excluding carboxylic acids is 1. The van der Waals surface area contributed by atoms with Crippen molar-refractivity contribution in [3.05, 3.63) is 45.8 Å². The molecule has 5 nitrogen and oxygen atoms in total. The third kappa shape index (κ3) is 4.23. The van der Waals surface area contributed by atoms with Crippen LogP contribution in [0.15, 0.2) is 24.4 Å². The summed E-state index contributed by atoms with van der Waals surface area (Å²) < 4.78 is 0. The van der Waals surface area contributed by atoms with Gasteiger partial charge in [-0.2, -0.15) is 0 Å². The second kappa shape index (κ2) is 7.14. The first-order valence-electron chi connectivity index (χ1n) is 6.01. The van der Waals surface area contributed by atoms with Crippen molar-refractivity contribution in [3.8, 4) is 11.8 Å². The minimum atomic E-state index is -0.406. The molecule has 0 aliphatic rings. The lowest BCUT2D eigenvalue weighted by Gasteiger charge is -2.02. The molecule has 2 heterocycles. The highest BCUT2D eigenvalue weighted by atomic mass is 35.5. The van der Waals surface area contributed by atoms with E-state index in [0.29, 0.717) is 17.8 Å². The number of amides is 1. The maximum Gasteiger partial charge on any atom is 0.273 e. The Labute approximate surface area is 131 Å². The zero-order chi connectivity index (χ0) is 15.2. The third-order valence-electron chi connectivity index (χ3n) is 2.44. The summed E-state index contributed by atoms with van der Waals surface area (Å²) in [5, 5.41) is 11.8. The lowest BCUT2D eigenvalue weighted by molar-refractivity contribution is 0.102. The molecule has 0 saturated carbocycles. The van der Waals surface area contributed by atoms with Crippen LogP contribution in [0.4, 0.5) is 5.82 Å². The summed E-state index contributed by atoms with van der Waals surface area (Å²) in [6.45, 7) is 0.00994. The number of nitrogens with zero attached hydrogens (tertiary/aromatic N) is 1. The van der Waals surface area contributed by atoms with Gasteiger partial charge in [-0.05, 0) is 18.2 Å². The molecule has 3 N–H and O–H groups in total. The Morgan fingerprint density at radius 2 is 2.24 bits per heavy atom. The topological polar surface area (TPSA) is 78.0 Å². The molecule has 0 atom stereocenters. The quantitative estimate of drug-likeness (QED) is 0.760. The molecule has 2 aromatic heterocycles. The third-order valence-corrected chi connectivity index (χ3v) is 3.13. The van der Waals surface area contributed by atoms with Crippen LogP contribution in [0.25, 0.3) is 0 Å². The van der Waals surface area contributed by atoms with Crippen LogP contribution < -0.4 is 5.32 Å². The van der Waals surface area contributed by atoms with Gasteiger partial charge in [0.1, 0.15) is 16.7 Å². The fraction of sp³-hybridized carbons (Fsp3) is 0.143. The zero-order valence-corrected chi connectivity index (χ0v) is 12.3. The van der Waals surface area contributed by atoms with Crippen molar-refractivity contribution >= 4 is 34.9 Å². The molecule has 21 heavy (non-hydrogen) atoms. The predicted octanol–water partition coefficient (Wildman–Crippen LogP) is 2.70. The average molecular weight is 324 g/mol. The van der Waals surface area contributed by atoms with Gasteiger partial charge in [-0.15, -0.1) is 0 Å². The number of anilines is 1. The number of aliphatic hydroxyl groups excluding tert-OH is 1. The van der Waals surface area contributed by atoms with E-state index in [9.17, 15) is 4.79 Å². The summed E-state index contributed by atoms with van der Waals surface area (Å²) in [6.07, 6.45) is 1.93. The lowest BCUT2D eigenvalue weighted by Crippen LogP contribution is -2.13. The number of carbonyl (C=O) groups is 1. The molecule has 1 amide bonds. The first-order chi connectivity index (χ1) is 10.1. The van der Waals surface area contributed by atoms with Crippen LogP contribution >= 0.6 is 23.2 Å². The van der Waals surface area contributed by atoms with E-state index < -0.39 is 5.91 Å². The van der Waals surface area contributed by atoms with Gasteiger partial charge in [-0.3, -0.25) is 4.79 Å². The molecule has 0 spiro atoms. The molecule has 108 valence electrons. The maximum absolute atomic E-state index is 12.0. The van der Waals surface area contributed by atoms with Crippen molar-refractivity contribution in [2.24, 2.45) is 0 Å². The SMILES string of the molecule is O=C(Nc1cc(C#CCCO)ccn1)c1cc(Cl)c(Cl)[nH]1. The summed E-state index contributed by atoms with van der Waals surface area (Å²) in [5.41, 5.74) is 0.930. The smallest absolute Gasteiger partial charge is 0.273 e. The number of halogens is 2. The van der Waals surface area contributed by atoms with E-state index in [1.54, 1.807) is 12.1 Å². The van der Waals surface area contributed by atoms with E-state index in [0.717, 1.165) is 0 Å². The van der Waals surface area contributed by atoms with Crippen molar-refractivity contribution in [1.82, 2.24) is 9.97 Å². The fourth-order valence-corrected chi connectivity index (χ4v) is 1.82. The van der Waals surface area contributed by atoms with Crippen molar-refractivity contribution in [2.75, 3.05) is 11.9 Å². The first-order valence-corrected chi connectivity index (χ1v) is 6.77. The van der Waals surface area contributed by atoms with Crippen LogP contribution in [0.2, 0.25) is 10.2 Å². The van der Waals surface area contributed by atoms with Gasteiger partial charge in [0.25, 0.3) is 5.91 Å². The second-order valence-electron chi connectivity index (χ2n) is 4.00. The summed E-state index contributed by atoms with van der Waals surface area (Å²) in [7, 11) is 0. The van der Waals surface area contributed by atoms with Crippen LogP contribution in [0.3, 0.4) is 0 Å². The van der Waals surface area contributed by atoms with Crippen molar-refractivity contribution in [2.45, 2.75) is 6.42 Å². The Morgan fingerprint density at radius 1 is 1.43 bits per heavy atom. The number of hydrogen-bond acceptors (Lipinski definition) is 3. The fourth-order valence-electron chi connectivity index (χ4n) is 1.51. The molecule has 0 saturated heterocycles. The molecule has 0 aliphatic heterocycles. The Morgan fingerprint density at radius 3 is 2.90 bits per heavy atom. The van der Waals surface area contributed by atoms with Gasteiger partial charge in [-0.25, -0.2) is 4.98 Å². The predicted molar refractivity (Wildman–Crippen MR) is 81.6 cm³/mol. The second-order valence-corrected chi connectivity index (χ2v) is 4.79. The van der Waals surface area contributed by atoms with Crippen LogP contribution in [0.5, 0.6) is 0 Å². The highest BCUT2D eigenvalue weighted by molar-refractivity contribution is 6.41. The molecular formula is C14H11Cl2N3O2. The van der Waals surface area contributed by atoms with Crippen molar-refractivity contribution < 1.29 is 9.90 Å². The number of hydrogen-bond donors (Lipinski definition) is 3. The van der Waals surface area contributed by atoms with Gasteiger partial charge in [0.15, 0.2) is 0 Å². The van der Waals surface area contributed by atoms with E-state index >= 15 is 0 Å². The number of pyridine rings is 1. The molecule has 0 unspecified atom stereocenters. The van der Waals surface area contributed by atoms with Crippen LogP contribution in [-0.2, 0) is 0 Å². The molecule has 0 fully saturated rings. The number of aromatic amines is 1. The molecule has 0 aliphatic carbocycles. The lowest BCUT2D eigenvalue weighted by atomic mass is 10.2. The largest absolute Gasteiger partial charge is 0.395 e. The summed E-state index contributed by atoms with van der Waals surface area (Å²) in [5.74, 6) is 5.61. The van der Waals surface area contributed by atoms with Gasteiger partial charge in [0.05, 0.1) is 11.6 Å². The van der Waals surface area contributed by atoms with Gasteiger partial charge in [0, 0.05) is 18.2 Å². The number of H-pyrrole nitrogens is 1. The summed E-state index contributed by atoms with van der Waals surface area (Å²) in [6, 6.07) is 4.78. The first kappa shape index (κ1) is 15.4. The molecule has 2 rings (SSSR count). The number of nitrogens with one attached hydrogen (secondary N) is 2. The van der Waals surface area contributed by atoms with Gasteiger partial charge < -0.3 is 15.4 Å². The monoisotopic (exact) mass is 323 g/mol. The summed E-state index contributed by atoms with van der Waals surface area (Å²) >= 11 is 11.5. The highest BCUT2D eigenvalue weighted by Crippen LogP contribution is 2.22. The number of aliphatic hydroxyl groups is 1. The normalized spacial score (nSPS) is 9.86. The Balaban J connectivity index is 2.11. The van der Waals surface area contributed by atoms with Gasteiger partial charge >= 0.3 is 0 Å². The molecule has 0 radical (unpaired) electrons. The minimum absolute atomic E-state index is 0.00994. The molecule has 7 heteroatoms. The van der Waals surface area contributed by atoms with E-state index in [2.05, 4.69) is 27.1 Å². The highest BCUT2D eigenvalue weighted by Gasteiger charge is 2.12. The number of aromatic nitrogens is 2. The summed E-state index contributed by atoms with van der Waals surface area (Å²) in [4.78, 5) is 18.7. The zero-order valence-electron chi connectivity index (χ0n) is 10.8. The van der Waals surface area contributed by atoms with Crippen molar-refractivity contribution in [1.29, 1.82) is 0 Å². The Kier molecular flexibility index (Phi) is 5.23. The van der Waals surface area contributed by atoms with Crippen LogP contribution in [0, 0.1) is 11.8 Å². The average Bonchev–Trinajstić information content (AvgIpc) is 2.80. The Bertz CT molecular complexity index is 697. The van der Waals surface area contributed by atoms with E-state index in [1.807, 2.05) is 0 Å². The molecule has 0 bridgehead atoms. The standard InChI is InChI=1S/C14H11Cl2N3O2/c15-10-8-11(18-13(10)16)14(21)19-12-7-9(4-5-17-12)3-1-2-6-20/h4-5,7-8,18,20H,2,6H2,(H,17,19,21). The van der Waals surface area contributed by atoms with Crippen molar-refractivity contribution in [3.63, 3.8) is 0 Å². The molecular weight excluding hydrogens is 313 g/mol. The molecule has 0 aromatic carbocycles. The minimum Gasteiger partial charge on any atom is -0.395 e. The van der Waals surface area contributed by atoms with Gasteiger partial charge in [0.2, 0.25) is 0 Å². The van der Waals surface area contributed by atoms with E-state index in [-0.39, 0.29) is 22.5 Å². The number of rotatable bonds is 3. The van der Waals surface area contributed by atoms with E-state index in [4.69, 9.17) is 28.3 Å². The Hall–Kier alpha value is -2.00. The van der Waals surface area contributed by atoms with Gasteiger partial charge in [-0.1, -0.05) is 35.0 Å².